The van der Waals surface area contributed by atoms with Crippen LogP contribution in [0.5, 0.6) is 0 Å². The van der Waals surface area contributed by atoms with Crippen LogP contribution in [0, 0.1) is 11.8 Å². The molecule has 1 aromatic carbocycles. The van der Waals surface area contributed by atoms with Crippen molar-refractivity contribution >= 4 is 0 Å². The second-order valence-corrected chi connectivity index (χ2v) is 4.62. The highest BCUT2D eigenvalue weighted by atomic mass is 14.5. The Morgan fingerprint density at radius 3 is 2.33 bits per heavy atom. The lowest BCUT2D eigenvalue weighted by Gasteiger charge is -2.18. The second kappa shape index (κ2) is 6.62. The third kappa shape index (κ3) is 4.48. The van der Waals surface area contributed by atoms with Crippen molar-refractivity contribution in [3.05, 3.63) is 35.9 Å². The molecule has 0 spiro atoms. The van der Waals surface area contributed by atoms with Gasteiger partial charge in [0.05, 0.1) is 0 Å². The molecule has 0 radical (unpaired) electrons. The van der Waals surface area contributed by atoms with Crippen LogP contribution in [-0.2, 0) is 6.42 Å². The quantitative estimate of drug-likeness (QED) is 0.758. The Morgan fingerprint density at radius 1 is 1.13 bits per heavy atom. The summed E-state index contributed by atoms with van der Waals surface area (Å²) in [5.41, 5.74) is 7.19. The molecule has 1 nitrogen and oxygen atoms in total. The highest BCUT2D eigenvalue weighted by Gasteiger charge is 2.10. The van der Waals surface area contributed by atoms with Crippen LogP contribution in [-0.4, -0.2) is 6.54 Å². The van der Waals surface area contributed by atoms with Gasteiger partial charge in [0.1, 0.15) is 0 Å². The van der Waals surface area contributed by atoms with E-state index in [-0.39, 0.29) is 0 Å². The van der Waals surface area contributed by atoms with Gasteiger partial charge in [0.15, 0.2) is 0 Å². The van der Waals surface area contributed by atoms with Crippen LogP contribution in [0.15, 0.2) is 30.3 Å². The van der Waals surface area contributed by atoms with Crippen LogP contribution >= 0.6 is 0 Å². The minimum Gasteiger partial charge on any atom is -0.330 e. The standard InChI is InChI=1S/C14H23N/c1-12(2)14(11-15)10-6-9-13-7-4-3-5-8-13/h3-5,7-8,12,14H,6,9-11,15H2,1-2H3. The van der Waals surface area contributed by atoms with Gasteiger partial charge < -0.3 is 5.73 Å². The third-order valence-electron chi connectivity index (χ3n) is 3.13. The lowest BCUT2D eigenvalue weighted by atomic mass is 9.90. The van der Waals surface area contributed by atoms with Crippen molar-refractivity contribution in [2.24, 2.45) is 17.6 Å². The summed E-state index contributed by atoms with van der Waals surface area (Å²) >= 11 is 0. The number of aryl methyl sites for hydroxylation is 1. The first-order valence-electron chi connectivity index (χ1n) is 5.98. The molecule has 0 aliphatic rings. The highest BCUT2D eigenvalue weighted by Crippen LogP contribution is 2.17. The van der Waals surface area contributed by atoms with Gasteiger partial charge in [0, 0.05) is 0 Å². The lowest BCUT2D eigenvalue weighted by molar-refractivity contribution is 0.360. The molecule has 0 bridgehead atoms. The van der Waals surface area contributed by atoms with Crippen molar-refractivity contribution in [3.63, 3.8) is 0 Å². The van der Waals surface area contributed by atoms with Gasteiger partial charge in [-0.2, -0.15) is 0 Å². The topological polar surface area (TPSA) is 26.0 Å². The second-order valence-electron chi connectivity index (χ2n) is 4.62. The van der Waals surface area contributed by atoms with E-state index in [9.17, 15) is 0 Å². The van der Waals surface area contributed by atoms with Crippen molar-refractivity contribution in [3.8, 4) is 0 Å². The van der Waals surface area contributed by atoms with Crippen molar-refractivity contribution < 1.29 is 0 Å². The molecule has 0 amide bonds. The molecule has 1 atom stereocenters. The lowest BCUT2D eigenvalue weighted by Crippen LogP contribution is -2.19. The number of hydrogen-bond acceptors (Lipinski definition) is 1. The molecule has 0 heterocycles. The van der Waals surface area contributed by atoms with Crippen molar-refractivity contribution in [2.45, 2.75) is 33.1 Å². The number of benzene rings is 1. The Balaban J connectivity index is 2.27. The molecular weight excluding hydrogens is 182 g/mol. The molecule has 0 aromatic heterocycles. The third-order valence-corrected chi connectivity index (χ3v) is 3.13. The van der Waals surface area contributed by atoms with E-state index in [4.69, 9.17) is 5.73 Å². The van der Waals surface area contributed by atoms with Crippen LogP contribution in [0.2, 0.25) is 0 Å². The summed E-state index contributed by atoms with van der Waals surface area (Å²) in [6.45, 7) is 5.35. The largest absolute Gasteiger partial charge is 0.330 e. The van der Waals surface area contributed by atoms with E-state index in [1.807, 2.05) is 0 Å². The molecule has 1 heteroatoms. The SMILES string of the molecule is CC(C)C(CN)CCCc1ccccc1. The zero-order valence-corrected chi connectivity index (χ0v) is 9.95. The number of hydrogen-bond donors (Lipinski definition) is 1. The predicted molar refractivity (Wildman–Crippen MR) is 66.8 cm³/mol. The maximum absolute atomic E-state index is 5.75. The van der Waals surface area contributed by atoms with E-state index in [2.05, 4.69) is 44.2 Å². The van der Waals surface area contributed by atoms with Gasteiger partial charge in [-0.25, -0.2) is 0 Å². The zero-order chi connectivity index (χ0) is 11.1. The Kier molecular flexibility index (Phi) is 5.41. The van der Waals surface area contributed by atoms with Crippen LogP contribution < -0.4 is 5.73 Å². The van der Waals surface area contributed by atoms with Crippen LogP contribution in [0.3, 0.4) is 0 Å². The minimum absolute atomic E-state index is 0.689. The van der Waals surface area contributed by atoms with Crippen LogP contribution in [0.25, 0.3) is 0 Å². The fraction of sp³-hybridized carbons (Fsp3) is 0.571. The van der Waals surface area contributed by atoms with E-state index in [0.717, 1.165) is 6.54 Å². The molecule has 0 saturated carbocycles. The van der Waals surface area contributed by atoms with Crippen molar-refractivity contribution in [1.29, 1.82) is 0 Å². The Morgan fingerprint density at radius 2 is 1.80 bits per heavy atom. The Labute approximate surface area is 93.7 Å². The van der Waals surface area contributed by atoms with E-state index < -0.39 is 0 Å². The molecule has 0 saturated heterocycles. The first-order chi connectivity index (χ1) is 7.24. The number of nitrogens with two attached hydrogens (primary N) is 1. The maximum Gasteiger partial charge on any atom is -0.00464 e. The average Bonchev–Trinajstić information content (AvgIpc) is 2.25. The van der Waals surface area contributed by atoms with Gasteiger partial charge in [-0.05, 0) is 43.2 Å². The maximum atomic E-state index is 5.75. The van der Waals surface area contributed by atoms with Gasteiger partial charge in [-0.15, -0.1) is 0 Å². The van der Waals surface area contributed by atoms with E-state index in [0.29, 0.717) is 11.8 Å². The molecule has 0 aliphatic heterocycles. The Hall–Kier alpha value is -0.820. The summed E-state index contributed by atoms with van der Waals surface area (Å²) in [6, 6.07) is 10.7. The monoisotopic (exact) mass is 205 g/mol. The smallest absolute Gasteiger partial charge is 0.00464 e. The van der Waals surface area contributed by atoms with E-state index in [1.165, 1.54) is 24.8 Å². The van der Waals surface area contributed by atoms with Gasteiger partial charge in [-0.3, -0.25) is 0 Å². The fourth-order valence-electron chi connectivity index (χ4n) is 1.94. The minimum atomic E-state index is 0.689. The summed E-state index contributed by atoms with van der Waals surface area (Å²) < 4.78 is 0. The van der Waals surface area contributed by atoms with Crippen LogP contribution in [0.1, 0.15) is 32.3 Å². The first-order valence-corrected chi connectivity index (χ1v) is 5.98. The molecule has 1 aromatic rings. The molecule has 1 unspecified atom stereocenters. The summed E-state index contributed by atoms with van der Waals surface area (Å²) in [5.74, 6) is 1.40. The first kappa shape index (κ1) is 12.3. The molecule has 1 rings (SSSR count). The zero-order valence-electron chi connectivity index (χ0n) is 9.95. The highest BCUT2D eigenvalue weighted by molar-refractivity contribution is 5.14. The molecule has 0 fully saturated rings. The van der Waals surface area contributed by atoms with Crippen LogP contribution in [0.4, 0.5) is 0 Å². The summed E-state index contributed by atoms with van der Waals surface area (Å²) in [5, 5.41) is 0. The molecule has 84 valence electrons. The van der Waals surface area contributed by atoms with E-state index >= 15 is 0 Å². The average molecular weight is 205 g/mol. The number of rotatable bonds is 6. The van der Waals surface area contributed by atoms with Crippen molar-refractivity contribution in [1.82, 2.24) is 0 Å². The molecule has 0 aliphatic carbocycles. The Bertz CT molecular complexity index is 253. The summed E-state index contributed by atoms with van der Waals surface area (Å²) in [6.07, 6.45) is 3.69. The van der Waals surface area contributed by atoms with E-state index in [1.54, 1.807) is 0 Å². The van der Waals surface area contributed by atoms with Gasteiger partial charge >= 0.3 is 0 Å². The van der Waals surface area contributed by atoms with Gasteiger partial charge in [0.25, 0.3) is 0 Å². The molecule has 2 N–H and O–H groups in total. The normalized spacial score (nSPS) is 13.1. The summed E-state index contributed by atoms with van der Waals surface area (Å²) in [4.78, 5) is 0. The molecular formula is C14H23N. The van der Waals surface area contributed by atoms with Crippen molar-refractivity contribution in [2.75, 3.05) is 6.54 Å². The summed E-state index contributed by atoms with van der Waals surface area (Å²) in [7, 11) is 0. The fourth-order valence-corrected chi connectivity index (χ4v) is 1.94. The van der Waals surface area contributed by atoms with Gasteiger partial charge in [-0.1, -0.05) is 44.2 Å². The molecule has 15 heavy (non-hydrogen) atoms. The van der Waals surface area contributed by atoms with Gasteiger partial charge in [0.2, 0.25) is 0 Å². The predicted octanol–water partition coefficient (Wildman–Crippen LogP) is 3.24.